The topological polar surface area (TPSA) is 85.9 Å². The molecule has 35 heavy (non-hydrogen) atoms. The molecule has 0 amide bonds. The minimum Gasteiger partial charge on any atom is -0.490 e. The van der Waals surface area contributed by atoms with Gasteiger partial charge >= 0.3 is 5.97 Å². The van der Waals surface area contributed by atoms with E-state index in [1.165, 1.54) is 0 Å². The van der Waals surface area contributed by atoms with E-state index in [1.807, 2.05) is 55.6 Å². The Morgan fingerprint density at radius 1 is 0.943 bits per heavy atom. The first-order valence-corrected chi connectivity index (χ1v) is 11.4. The fourth-order valence-corrected chi connectivity index (χ4v) is 3.69. The Kier molecular flexibility index (Phi) is 7.91. The van der Waals surface area contributed by atoms with Gasteiger partial charge in [-0.15, -0.1) is 0 Å². The summed E-state index contributed by atoms with van der Waals surface area (Å²) in [6.07, 6.45) is 3.57. The molecule has 4 rings (SSSR count). The average Bonchev–Trinajstić information content (AvgIpc) is 3.39. The summed E-state index contributed by atoms with van der Waals surface area (Å²) in [4.78, 5) is 16.6. The largest absolute Gasteiger partial charge is 0.490 e. The van der Waals surface area contributed by atoms with Crippen LogP contribution in [0.4, 0.5) is 0 Å². The monoisotopic (exact) mass is 469 g/mol. The number of benzene rings is 3. The summed E-state index contributed by atoms with van der Waals surface area (Å²) >= 11 is 0. The number of carbonyl (C=O) groups is 1. The molecule has 0 atom stereocenters. The quantitative estimate of drug-likeness (QED) is 0.190. The van der Waals surface area contributed by atoms with E-state index in [0.29, 0.717) is 12.3 Å². The number of carboxylic acid groups (broad SMARTS) is 1. The molecule has 0 aliphatic heterocycles. The molecule has 1 heterocycles. The molecule has 4 aromatic rings. The molecule has 0 fully saturated rings. The fourth-order valence-electron chi connectivity index (χ4n) is 3.69. The van der Waals surface area contributed by atoms with Gasteiger partial charge in [-0.05, 0) is 41.3 Å². The zero-order chi connectivity index (χ0) is 24.5. The van der Waals surface area contributed by atoms with Crippen LogP contribution in [0.3, 0.4) is 0 Å². The average molecular weight is 470 g/mol. The summed E-state index contributed by atoms with van der Waals surface area (Å²) in [5.41, 5.74) is 5.51. The van der Waals surface area contributed by atoms with Gasteiger partial charge in [-0.2, -0.15) is 5.10 Å². The van der Waals surface area contributed by atoms with Crippen LogP contribution in [0.1, 0.15) is 16.7 Å². The highest BCUT2D eigenvalue weighted by molar-refractivity contribution is 6.00. The van der Waals surface area contributed by atoms with Crippen molar-refractivity contribution in [3.8, 4) is 16.9 Å². The van der Waals surface area contributed by atoms with Crippen molar-refractivity contribution in [3.05, 3.63) is 108 Å². The second-order valence-electron chi connectivity index (χ2n) is 7.98. The van der Waals surface area contributed by atoms with Crippen molar-refractivity contribution in [1.29, 1.82) is 0 Å². The number of oxime groups is 1. The van der Waals surface area contributed by atoms with Gasteiger partial charge in [0.1, 0.15) is 18.1 Å². The number of carboxylic acids is 1. The van der Waals surface area contributed by atoms with E-state index in [9.17, 15) is 4.79 Å². The summed E-state index contributed by atoms with van der Waals surface area (Å²) in [6.45, 7) is 2.85. The number of aliphatic carboxylic acids is 1. The van der Waals surface area contributed by atoms with Gasteiger partial charge in [0.15, 0.2) is 6.61 Å². The summed E-state index contributed by atoms with van der Waals surface area (Å²) in [5.74, 6) is -0.228. The smallest absolute Gasteiger partial charge is 0.307 e. The molecule has 0 saturated carbocycles. The van der Waals surface area contributed by atoms with Crippen LogP contribution >= 0.6 is 0 Å². The molecule has 3 aromatic carbocycles. The van der Waals surface area contributed by atoms with E-state index in [-0.39, 0.29) is 19.6 Å². The standard InChI is InChI=1S/C28H27N3O4/c1-21-25(19-28(32)33)9-5-10-27(21)34-17-18-35-30-26(20-31-16-6-15-29-31)24-13-11-23(12-14-24)22-7-3-2-4-8-22/h2-16H,17-20H2,1H3,(H,32,33)/b30-26+. The molecule has 1 N–H and O–H groups in total. The van der Waals surface area contributed by atoms with E-state index in [2.05, 4.69) is 34.5 Å². The van der Waals surface area contributed by atoms with E-state index < -0.39 is 5.97 Å². The maximum Gasteiger partial charge on any atom is 0.307 e. The van der Waals surface area contributed by atoms with E-state index in [0.717, 1.165) is 33.5 Å². The van der Waals surface area contributed by atoms with Gasteiger partial charge in [0.25, 0.3) is 0 Å². The van der Waals surface area contributed by atoms with Crippen molar-refractivity contribution in [3.63, 3.8) is 0 Å². The predicted molar refractivity (Wildman–Crippen MR) is 135 cm³/mol. The molecule has 0 spiro atoms. The Morgan fingerprint density at radius 2 is 1.71 bits per heavy atom. The minimum absolute atomic E-state index is 0.0380. The lowest BCUT2D eigenvalue weighted by Gasteiger charge is -2.12. The van der Waals surface area contributed by atoms with Crippen LogP contribution in [0.25, 0.3) is 11.1 Å². The predicted octanol–water partition coefficient (Wildman–Crippen LogP) is 4.99. The second kappa shape index (κ2) is 11.7. The Morgan fingerprint density at radius 3 is 2.43 bits per heavy atom. The zero-order valence-electron chi connectivity index (χ0n) is 19.5. The zero-order valence-corrected chi connectivity index (χ0v) is 19.5. The van der Waals surface area contributed by atoms with Crippen LogP contribution in [-0.2, 0) is 22.6 Å². The second-order valence-corrected chi connectivity index (χ2v) is 7.98. The first-order chi connectivity index (χ1) is 17.1. The molecule has 1 aromatic heterocycles. The number of hydrogen-bond acceptors (Lipinski definition) is 5. The highest BCUT2D eigenvalue weighted by Crippen LogP contribution is 2.22. The number of aromatic nitrogens is 2. The molecule has 0 unspecified atom stereocenters. The van der Waals surface area contributed by atoms with E-state index in [4.69, 9.17) is 14.7 Å². The van der Waals surface area contributed by atoms with Gasteiger partial charge < -0.3 is 14.7 Å². The van der Waals surface area contributed by atoms with Gasteiger partial charge in [0.05, 0.1) is 13.0 Å². The van der Waals surface area contributed by atoms with Crippen LogP contribution in [0.15, 0.2) is 96.4 Å². The molecule has 0 radical (unpaired) electrons. The third-order valence-electron chi connectivity index (χ3n) is 5.54. The van der Waals surface area contributed by atoms with Gasteiger partial charge in [0, 0.05) is 18.0 Å². The minimum atomic E-state index is -0.871. The summed E-state index contributed by atoms with van der Waals surface area (Å²) in [7, 11) is 0. The van der Waals surface area contributed by atoms with Crippen molar-refractivity contribution >= 4 is 11.7 Å². The molecule has 178 valence electrons. The Labute approximate surface area is 204 Å². The van der Waals surface area contributed by atoms with Crippen LogP contribution in [0.2, 0.25) is 0 Å². The van der Waals surface area contributed by atoms with Gasteiger partial charge in [-0.1, -0.05) is 71.9 Å². The summed E-state index contributed by atoms with van der Waals surface area (Å²) in [5, 5.41) is 17.7. The van der Waals surface area contributed by atoms with Gasteiger partial charge in [-0.25, -0.2) is 0 Å². The molecular formula is C28H27N3O4. The Hall–Kier alpha value is -4.39. The van der Waals surface area contributed by atoms with Crippen molar-refractivity contribution < 1.29 is 19.5 Å². The lowest BCUT2D eigenvalue weighted by molar-refractivity contribution is -0.136. The number of ether oxygens (including phenoxy) is 1. The van der Waals surface area contributed by atoms with E-state index in [1.54, 1.807) is 23.0 Å². The third kappa shape index (κ3) is 6.57. The van der Waals surface area contributed by atoms with Crippen LogP contribution in [0, 0.1) is 6.92 Å². The molecule has 7 heteroatoms. The van der Waals surface area contributed by atoms with Crippen molar-refractivity contribution in [1.82, 2.24) is 9.78 Å². The number of hydrogen-bond donors (Lipinski definition) is 1. The first kappa shape index (κ1) is 23.8. The molecule has 7 nitrogen and oxygen atoms in total. The van der Waals surface area contributed by atoms with Gasteiger partial charge in [0.2, 0.25) is 0 Å². The molecule has 0 aliphatic carbocycles. The number of rotatable bonds is 11. The summed E-state index contributed by atoms with van der Waals surface area (Å²) in [6, 6.07) is 25.7. The normalized spacial score (nSPS) is 11.3. The maximum atomic E-state index is 11.0. The van der Waals surface area contributed by atoms with Crippen molar-refractivity contribution in [2.45, 2.75) is 19.9 Å². The number of nitrogens with zero attached hydrogens (tertiary/aromatic N) is 3. The lowest BCUT2D eigenvalue weighted by atomic mass is 10.0. The molecular weight excluding hydrogens is 442 g/mol. The van der Waals surface area contributed by atoms with Crippen molar-refractivity contribution in [2.24, 2.45) is 5.16 Å². The highest BCUT2D eigenvalue weighted by atomic mass is 16.6. The van der Waals surface area contributed by atoms with E-state index >= 15 is 0 Å². The van der Waals surface area contributed by atoms with Crippen LogP contribution in [0.5, 0.6) is 5.75 Å². The van der Waals surface area contributed by atoms with Crippen LogP contribution < -0.4 is 4.74 Å². The first-order valence-electron chi connectivity index (χ1n) is 11.4. The molecule has 0 saturated heterocycles. The molecule has 0 bridgehead atoms. The van der Waals surface area contributed by atoms with Crippen LogP contribution in [-0.4, -0.2) is 39.8 Å². The fraction of sp³-hybridized carbons (Fsp3) is 0.179. The highest BCUT2D eigenvalue weighted by Gasteiger charge is 2.10. The lowest BCUT2D eigenvalue weighted by Crippen LogP contribution is -2.14. The molecule has 0 aliphatic rings. The SMILES string of the molecule is Cc1c(CC(=O)O)cccc1OCCO/N=C(\Cn1cccn1)c1ccc(-c2ccccc2)cc1. The summed E-state index contributed by atoms with van der Waals surface area (Å²) < 4.78 is 7.61. The maximum absolute atomic E-state index is 11.0. The third-order valence-corrected chi connectivity index (χ3v) is 5.54. The Bertz CT molecular complexity index is 1270. The van der Waals surface area contributed by atoms with Gasteiger partial charge in [-0.3, -0.25) is 9.48 Å². The van der Waals surface area contributed by atoms with Crippen molar-refractivity contribution in [2.75, 3.05) is 13.2 Å². The Balaban J connectivity index is 1.41.